The number of hydrogen-bond acceptors (Lipinski definition) is 11. The van der Waals surface area contributed by atoms with E-state index in [0.29, 0.717) is 45.0 Å². The number of rotatable bonds is 13. The number of nitriles is 6. The zero-order valence-electron chi connectivity index (χ0n) is 77.0. The summed E-state index contributed by atoms with van der Waals surface area (Å²) in [5, 5.41) is 65.8. The van der Waals surface area contributed by atoms with Gasteiger partial charge in [-0.25, -0.2) is 19.8 Å². The van der Waals surface area contributed by atoms with Crippen molar-refractivity contribution in [1.29, 1.82) is 31.6 Å². The van der Waals surface area contributed by atoms with Gasteiger partial charge in [0.15, 0.2) is 5.69 Å². The molecular weight excluding hydrogens is 1760 g/mol. The van der Waals surface area contributed by atoms with E-state index in [9.17, 15) is 26.3 Å². The van der Waals surface area contributed by atoms with Gasteiger partial charge in [-0.3, -0.25) is 9.97 Å². The molecule has 0 N–H and O–H groups in total. The molecule has 0 unspecified atom stereocenters. The van der Waals surface area contributed by atoms with Crippen LogP contribution in [0, 0.1) is 74.6 Å². The van der Waals surface area contributed by atoms with E-state index in [1.54, 1.807) is 49.1 Å². The summed E-state index contributed by atoms with van der Waals surface area (Å²) in [5.41, 5.74) is 33.8. The number of aromatic nitrogens is 9. The molecule has 0 amide bonds. The third-order valence-corrected chi connectivity index (χ3v) is 26.1. The highest BCUT2D eigenvalue weighted by Gasteiger charge is 2.24. The summed E-state index contributed by atoms with van der Waals surface area (Å²) in [6, 6.07) is 160. The molecule has 0 aliphatic rings. The zero-order valence-corrected chi connectivity index (χ0v) is 77.0. The van der Waals surface area contributed by atoms with Crippen LogP contribution in [-0.2, 0) is 0 Å². The number of fused-ring (bicyclic) bond motifs is 12. The van der Waals surface area contributed by atoms with Crippen molar-refractivity contribution < 1.29 is 0 Å². The van der Waals surface area contributed by atoms with Gasteiger partial charge in [0.1, 0.15) is 29.6 Å². The Morgan fingerprint density at radius 1 is 0.222 bits per heavy atom. The Hall–Kier alpha value is -21.1. The van der Waals surface area contributed by atoms with Gasteiger partial charge >= 0.3 is 0 Å². The minimum absolute atomic E-state index is 0.387. The molecule has 25 aromatic rings. The average Bonchev–Trinajstić information content (AvgIpc) is 1.58. The van der Waals surface area contributed by atoms with Crippen LogP contribution in [0.25, 0.3) is 215 Å². The number of hydrogen-bond donors (Lipinski definition) is 0. The Kier molecular flexibility index (Phi) is 23.9. The van der Waals surface area contributed by atoms with Crippen LogP contribution in [0.5, 0.6) is 0 Å². The summed E-state index contributed by atoms with van der Waals surface area (Å²) in [6.45, 7) is 7.48. The molecule has 0 radical (unpaired) electrons. The second-order valence-electron chi connectivity index (χ2n) is 34.3. The van der Waals surface area contributed by atoms with Gasteiger partial charge in [0.2, 0.25) is 0 Å². The van der Waals surface area contributed by atoms with E-state index in [1.807, 2.05) is 170 Å². The van der Waals surface area contributed by atoms with Gasteiger partial charge in [0, 0.05) is 107 Å². The maximum atomic E-state index is 9.67. The smallest absolute Gasteiger partial charge is 0.188 e. The summed E-state index contributed by atoms with van der Waals surface area (Å²) in [7, 11) is 0. The number of nitrogens with zero attached hydrogens (tertiary/aromatic N) is 16. The van der Waals surface area contributed by atoms with E-state index in [4.69, 9.17) is 16.8 Å². The van der Waals surface area contributed by atoms with Crippen LogP contribution in [-0.4, -0.2) is 43.2 Å². The maximum absolute atomic E-state index is 9.67. The Balaban J connectivity index is 0.000000110. The summed E-state index contributed by atoms with van der Waals surface area (Å²) in [5.74, 6) is 0. The second kappa shape index (κ2) is 38.9. The fraction of sp³-hybridized carbons (Fsp3) is 0. The standard InChI is InChI=1S/C36H23N3.C32H17N5.C31H18N4.C29H18N4/c37-24-29-14-9-21-38-36(29)28-13-8-12-27(22-28)30-15-4-6-17-33(30)39-34-18-7-5-16-31(34)32-23-26(19-20-35(32)39)25-10-2-1-3-11-25;1-35-25-10-12-32-28(18-25)27-15-21(19-33)9-11-31(27)37(32)30-8-3-2-7-26(30)23-5-4-6-24(17-23)29-16-22(20-34)13-14-36-29;32-19-21-14-15-31(35-29-12-3-1-9-25(29)26-10-2-4-13-30(26)35)27(17-21)23-8-5-7-22(18-23)24-11-6-16-34-28(24)20-33;30-18-21-17-16-20(19-31-21)25-11-7-12-26(32-25)24-10-3-6-15-29(24)33-27-13-4-1-8-22(27)23-9-2-5-14-28(23)33/h1-23H;2-18H;1-18H;1-17,19H. The fourth-order valence-electron chi connectivity index (χ4n) is 19.6. The molecule has 9 heterocycles. The first-order chi connectivity index (χ1) is 71.1. The van der Waals surface area contributed by atoms with Crippen molar-refractivity contribution in [2.45, 2.75) is 0 Å². The average molecular weight is 1840 g/mol. The van der Waals surface area contributed by atoms with Gasteiger partial charge in [0.25, 0.3) is 0 Å². The van der Waals surface area contributed by atoms with Gasteiger partial charge in [0.05, 0.1) is 137 Å². The molecule has 0 atom stereocenters. The molecule has 0 fully saturated rings. The van der Waals surface area contributed by atoms with E-state index < -0.39 is 0 Å². The normalized spacial score (nSPS) is 10.9. The van der Waals surface area contributed by atoms with Crippen LogP contribution in [0.1, 0.15) is 33.6 Å². The van der Waals surface area contributed by atoms with Crippen molar-refractivity contribution >= 4 is 92.9 Å². The number of pyridine rings is 5. The zero-order chi connectivity index (χ0) is 97.5. The predicted molar refractivity (Wildman–Crippen MR) is 576 cm³/mol. The molecule has 0 aliphatic heterocycles. The Morgan fingerprint density at radius 2 is 0.646 bits per heavy atom. The van der Waals surface area contributed by atoms with Crippen molar-refractivity contribution in [2.24, 2.45) is 0 Å². The van der Waals surface area contributed by atoms with Crippen LogP contribution < -0.4 is 0 Å². The number of benzene rings is 16. The third-order valence-electron chi connectivity index (χ3n) is 26.1. The molecule has 0 saturated heterocycles. The lowest BCUT2D eigenvalue weighted by atomic mass is 9.96. The molecule has 16 nitrogen and oxygen atoms in total. The van der Waals surface area contributed by atoms with Gasteiger partial charge < -0.3 is 18.3 Å². The topological polar surface area (TPSA) is 231 Å². The van der Waals surface area contributed by atoms with Gasteiger partial charge in [-0.15, -0.1) is 0 Å². The van der Waals surface area contributed by atoms with Crippen molar-refractivity contribution in [3.63, 3.8) is 0 Å². The fourth-order valence-corrected chi connectivity index (χ4v) is 19.6. The van der Waals surface area contributed by atoms with E-state index in [0.717, 1.165) is 150 Å². The Bertz CT molecular complexity index is 9550. The lowest BCUT2D eigenvalue weighted by Crippen LogP contribution is -1.98. The Morgan fingerprint density at radius 3 is 1.22 bits per heavy atom. The minimum atomic E-state index is 0.387. The summed E-state index contributed by atoms with van der Waals surface area (Å²) in [6.07, 6.45) is 6.71. The molecular formula is C128H76N16. The second-order valence-corrected chi connectivity index (χ2v) is 34.3. The molecule has 25 rings (SSSR count). The first-order valence-corrected chi connectivity index (χ1v) is 46.6. The lowest BCUT2D eigenvalue weighted by Gasteiger charge is -2.15. The third kappa shape index (κ3) is 16.7. The first kappa shape index (κ1) is 88.2. The largest absolute Gasteiger partial charge is 0.309 e. The van der Waals surface area contributed by atoms with Crippen molar-refractivity contribution in [3.05, 3.63) is 507 Å². The van der Waals surface area contributed by atoms with E-state index >= 15 is 0 Å². The molecule has 0 spiro atoms. The molecule has 668 valence electrons. The summed E-state index contributed by atoms with van der Waals surface area (Å²) in [4.78, 5) is 26.0. The van der Waals surface area contributed by atoms with Crippen LogP contribution in [0.15, 0.2) is 462 Å². The van der Waals surface area contributed by atoms with Crippen molar-refractivity contribution in [3.8, 4) is 160 Å². The molecule has 0 bridgehead atoms. The summed E-state index contributed by atoms with van der Waals surface area (Å²) >= 11 is 0. The van der Waals surface area contributed by atoms with Crippen molar-refractivity contribution in [1.82, 2.24) is 43.2 Å². The molecule has 144 heavy (non-hydrogen) atoms. The van der Waals surface area contributed by atoms with E-state index in [1.165, 1.54) is 54.5 Å². The Labute approximate surface area is 828 Å². The molecule has 9 aromatic heterocycles. The quantitative estimate of drug-likeness (QED) is 0.0985. The lowest BCUT2D eigenvalue weighted by molar-refractivity contribution is 1.17. The highest BCUT2D eigenvalue weighted by molar-refractivity contribution is 6.14. The minimum Gasteiger partial charge on any atom is -0.309 e. The molecule has 16 heteroatoms. The molecule has 0 saturated carbocycles. The maximum Gasteiger partial charge on any atom is 0.188 e. The van der Waals surface area contributed by atoms with Crippen LogP contribution in [0.2, 0.25) is 0 Å². The van der Waals surface area contributed by atoms with Crippen LogP contribution in [0.3, 0.4) is 0 Å². The SMILES string of the molecule is N#Cc1ccc(-c2cccc(-c3ccccc3-n3c4ccccc4c4ccccc43)n2)cn1.N#Cc1ccc(-n2c3ccccc3c3ccccc32)c(-c2cccc(-c3cccnc3C#N)c2)c1.N#Cc1cccnc1-c1cccc(-c2ccccc2-n2c3ccccc3c3cc(-c4ccccc4)ccc32)c1.[C-]#[N+]c1ccc2c(c1)c1cc(C#N)ccc1n2-c1ccccc1-c1cccc(-c2cc(C#N)ccn2)c1. The van der Waals surface area contributed by atoms with Crippen LogP contribution >= 0.6 is 0 Å². The monoisotopic (exact) mass is 1840 g/mol. The summed E-state index contributed by atoms with van der Waals surface area (Å²) < 4.78 is 9.13. The van der Waals surface area contributed by atoms with Crippen LogP contribution in [0.4, 0.5) is 5.69 Å². The van der Waals surface area contributed by atoms with E-state index in [2.05, 4.69) is 322 Å². The van der Waals surface area contributed by atoms with Crippen molar-refractivity contribution in [2.75, 3.05) is 0 Å². The van der Waals surface area contributed by atoms with E-state index in [-0.39, 0.29) is 0 Å². The highest BCUT2D eigenvalue weighted by atomic mass is 15.0. The number of para-hydroxylation sites is 8. The first-order valence-electron chi connectivity index (χ1n) is 46.6. The van der Waals surface area contributed by atoms with Gasteiger partial charge in [-0.2, -0.15) is 31.6 Å². The predicted octanol–water partition coefficient (Wildman–Crippen LogP) is 30.9. The van der Waals surface area contributed by atoms with Gasteiger partial charge in [-0.05, 0) is 227 Å². The van der Waals surface area contributed by atoms with Gasteiger partial charge in [-0.1, -0.05) is 249 Å². The highest BCUT2D eigenvalue weighted by Crippen LogP contribution is 2.45. The molecule has 0 aliphatic carbocycles. The molecule has 16 aromatic carbocycles.